The van der Waals surface area contributed by atoms with Crippen LogP contribution in [0.5, 0.6) is 0 Å². The number of fused-ring (bicyclic) bond motifs is 1. The first kappa shape index (κ1) is 27.7. The number of hydrogen-bond acceptors (Lipinski definition) is 6. The molecule has 9 nitrogen and oxygen atoms in total. The van der Waals surface area contributed by atoms with Crippen LogP contribution in [0.1, 0.15) is 54.4 Å². The first-order valence-corrected chi connectivity index (χ1v) is 14.7. The van der Waals surface area contributed by atoms with Crippen molar-refractivity contribution >= 4 is 40.1 Å². The Hall–Kier alpha value is -4.50. The van der Waals surface area contributed by atoms with E-state index >= 15 is 0 Å². The van der Waals surface area contributed by atoms with E-state index in [1.807, 2.05) is 41.3 Å². The van der Waals surface area contributed by atoms with Crippen LogP contribution in [-0.4, -0.2) is 52.7 Å². The first-order chi connectivity index (χ1) is 20.4. The lowest BCUT2D eigenvalue weighted by Gasteiger charge is -2.26. The normalized spacial score (nSPS) is 18.1. The minimum Gasteiger partial charge on any atom is -0.354 e. The smallest absolute Gasteiger partial charge is 0.270 e. The quantitative estimate of drug-likeness (QED) is 0.196. The molecule has 0 bridgehead atoms. The molecule has 0 spiro atoms. The number of likely N-dealkylation sites (tertiary alicyclic amines) is 2. The number of rotatable bonds is 9. The van der Waals surface area contributed by atoms with Crippen molar-refractivity contribution in [1.82, 2.24) is 9.80 Å². The maximum Gasteiger partial charge on any atom is 0.270 e. The summed E-state index contributed by atoms with van der Waals surface area (Å²) in [6.07, 6.45) is 5.88. The minimum atomic E-state index is -0.450. The predicted molar refractivity (Wildman–Crippen MR) is 164 cm³/mol. The molecule has 0 unspecified atom stereocenters. The standard InChI is InChI=1S/C33H35N5O4/c39-30-5-1-2-19-37(30)20-16-23-6-10-25(11-7-23)32(31-28-21-27(38(41)42)14-15-29(28)35-33(31)40)34-26-12-8-24(9-13-26)22-36-17-3-4-18-36/h6-15,21,34H,1-5,16-20,22H2,(H,35,40). The number of piperidine rings is 1. The third-order valence-corrected chi connectivity index (χ3v) is 8.37. The van der Waals surface area contributed by atoms with Crippen molar-refractivity contribution < 1.29 is 14.5 Å². The molecule has 42 heavy (non-hydrogen) atoms. The van der Waals surface area contributed by atoms with Gasteiger partial charge in [-0.3, -0.25) is 24.6 Å². The van der Waals surface area contributed by atoms with Crippen molar-refractivity contribution in [3.63, 3.8) is 0 Å². The van der Waals surface area contributed by atoms with E-state index in [9.17, 15) is 19.7 Å². The van der Waals surface area contributed by atoms with Gasteiger partial charge in [0.2, 0.25) is 5.91 Å². The Kier molecular flexibility index (Phi) is 8.01. The summed E-state index contributed by atoms with van der Waals surface area (Å²) < 4.78 is 0. The lowest BCUT2D eigenvalue weighted by Crippen LogP contribution is -2.36. The number of nitrogens with zero attached hydrogens (tertiary/aromatic N) is 3. The zero-order valence-corrected chi connectivity index (χ0v) is 23.6. The number of nitrogens with one attached hydrogen (secondary N) is 2. The fraction of sp³-hybridized carbons (Fsp3) is 0.333. The van der Waals surface area contributed by atoms with Gasteiger partial charge in [0, 0.05) is 55.1 Å². The largest absolute Gasteiger partial charge is 0.354 e. The first-order valence-electron chi connectivity index (χ1n) is 14.7. The van der Waals surface area contributed by atoms with E-state index in [1.165, 1.54) is 30.5 Å². The van der Waals surface area contributed by atoms with Gasteiger partial charge in [0.25, 0.3) is 11.6 Å². The van der Waals surface area contributed by atoms with Crippen LogP contribution in [-0.2, 0) is 22.6 Å². The molecule has 0 atom stereocenters. The van der Waals surface area contributed by atoms with Crippen molar-refractivity contribution in [2.75, 3.05) is 36.8 Å². The van der Waals surface area contributed by atoms with Gasteiger partial charge in [-0.25, -0.2) is 0 Å². The molecule has 0 aliphatic carbocycles. The number of non-ortho nitro benzene ring substituents is 1. The average molecular weight is 566 g/mol. The zero-order chi connectivity index (χ0) is 29.1. The van der Waals surface area contributed by atoms with Gasteiger partial charge in [0.05, 0.1) is 16.2 Å². The van der Waals surface area contributed by atoms with Crippen molar-refractivity contribution in [3.8, 4) is 0 Å². The van der Waals surface area contributed by atoms with Crippen LogP contribution < -0.4 is 10.6 Å². The molecule has 216 valence electrons. The molecular weight excluding hydrogens is 530 g/mol. The molecule has 3 aromatic rings. The second-order valence-corrected chi connectivity index (χ2v) is 11.3. The van der Waals surface area contributed by atoms with Crippen LogP contribution in [0.3, 0.4) is 0 Å². The molecule has 3 aliphatic heterocycles. The summed E-state index contributed by atoms with van der Waals surface area (Å²) in [4.78, 5) is 41.0. The van der Waals surface area contributed by atoms with Gasteiger partial charge in [-0.1, -0.05) is 36.4 Å². The van der Waals surface area contributed by atoms with Crippen molar-refractivity contribution in [3.05, 3.63) is 99.1 Å². The number of carbonyl (C=O) groups excluding carboxylic acids is 2. The van der Waals surface area contributed by atoms with Crippen molar-refractivity contribution in [1.29, 1.82) is 0 Å². The van der Waals surface area contributed by atoms with E-state index in [0.717, 1.165) is 62.3 Å². The molecule has 2 fully saturated rings. The Morgan fingerprint density at radius 2 is 1.60 bits per heavy atom. The van der Waals surface area contributed by atoms with Gasteiger partial charge in [0.1, 0.15) is 0 Å². The predicted octanol–water partition coefficient (Wildman–Crippen LogP) is 5.68. The van der Waals surface area contributed by atoms with Gasteiger partial charge >= 0.3 is 0 Å². The number of benzene rings is 3. The average Bonchev–Trinajstić information content (AvgIpc) is 3.63. The van der Waals surface area contributed by atoms with Gasteiger partial charge in [-0.15, -0.1) is 0 Å². The number of amides is 2. The molecule has 3 heterocycles. The molecule has 6 rings (SSSR count). The molecule has 3 aliphatic rings. The van der Waals surface area contributed by atoms with E-state index in [4.69, 9.17) is 0 Å². The van der Waals surface area contributed by atoms with Crippen molar-refractivity contribution in [2.24, 2.45) is 0 Å². The number of nitro groups is 1. The zero-order valence-electron chi connectivity index (χ0n) is 23.6. The highest BCUT2D eigenvalue weighted by atomic mass is 16.6. The van der Waals surface area contributed by atoms with Crippen LogP contribution in [0.25, 0.3) is 11.3 Å². The minimum absolute atomic E-state index is 0.0732. The summed E-state index contributed by atoms with van der Waals surface area (Å²) in [6, 6.07) is 20.6. The van der Waals surface area contributed by atoms with Crippen LogP contribution in [0.15, 0.2) is 66.7 Å². The molecule has 2 amide bonds. The Labute approximate surface area is 245 Å². The van der Waals surface area contributed by atoms with Crippen LogP contribution in [0.2, 0.25) is 0 Å². The van der Waals surface area contributed by atoms with E-state index in [1.54, 1.807) is 6.07 Å². The van der Waals surface area contributed by atoms with Crippen LogP contribution in [0.4, 0.5) is 17.1 Å². The summed E-state index contributed by atoms with van der Waals surface area (Å²) in [5.74, 6) is -0.0909. The lowest BCUT2D eigenvalue weighted by molar-refractivity contribution is -0.384. The second-order valence-electron chi connectivity index (χ2n) is 11.3. The number of hydrogen-bond donors (Lipinski definition) is 2. The molecule has 0 saturated carbocycles. The summed E-state index contributed by atoms with van der Waals surface area (Å²) in [5.41, 5.74) is 5.85. The van der Waals surface area contributed by atoms with Gasteiger partial charge < -0.3 is 15.5 Å². The summed E-state index contributed by atoms with van der Waals surface area (Å²) >= 11 is 0. The van der Waals surface area contributed by atoms with E-state index in [0.29, 0.717) is 35.5 Å². The summed E-state index contributed by atoms with van der Waals surface area (Å²) in [6.45, 7) is 4.67. The Morgan fingerprint density at radius 3 is 2.31 bits per heavy atom. The molecular formula is C33H35N5O4. The Balaban J connectivity index is 1.30. The highest BCUT2D eigenvalue weighted by Crippen LogP contribution is 2.39. The monoisotopic (exact) mass is 565 g/mol. The number of nitro benzene ring substituents is 1. The van der Waals surface area contributed by atoms with Crippen LogP contribution in [0, 0.1) is 10.1 Å². The molecule has 2 N–H and O–H groups in total. The second kappa shape index (κ2) is 12.2. The van der Waals surface area contributed by atoms with E-state index in [-0.39, 0.29) is 17.5 Å². The topological polar surface area (TPSA) is 108 Å². The number of anilines is 2. The van der Waals surface area contributed by atoms with Crippen LogP contribution >= 0.6 is 0 Å². The third kappa shape index (κ3) is 6.06. The number of carbonyl (C=O) groups is 2. The SMILES string of the molecule is O=C1Nc2ccc([N+](=O)[O-])cc2C1=C(Nc1ccc(CN2CCCC2)cc1)c1ccc(CCN2CCCCC2=O)cc1. The van der Waals surface area contributed by atoms with Gasteiger partial charge in [-0.2, -0.15) is 0 Å². The molecule has 0 aromatic heterocycles. The molecule has 3 aromatic carbocycles. The van der Waals surface area contributed by atoms with E-state index < -0.39 is 4.92 Å². The maximum absolute atomic E-state index is 13.3. The highest BCUT2D eigenvalue weighted by Gasteiger charge is 2.30. The van der Waals surface area contributed by atoms with Gasteiger partial charge in [0.15, 0.2) is 0 Å². The van der Waals surface area contributed by atoms with Crippen molar-refractivity contribution in [2.45, 2.75) is 45.1 Å². The summed E-state index contributed by atoms with van der Waals surface area (Å²) in [7, 11) is 0. The maximum atomic E-state index is 13.3. The highest BCUT2D eigenvalue weighted by molar-refractivity contribution is 6.37. The molecule has 0 radical (unpaired) electrons. The Bertz CT molecular complexity index is 1520. The fourth-order valence-corrected chi connectivity index (χ4v) is 6.03. The van der Waals surface area contributed by atoms with E-state index in [2.05, 4.69) is 27.7 Å². The fourth-order valence-electron chi connectivity index (χ4n) is 6.03. The summed E-state index contributed by atoms with van der Waals surface area (Å²) in [5, 5.41) is 17.9. The lowest BCUT2D eigenvalue weighted by atomic mass is 9.98. The Morgan fingerprint density at radius 1 is 0.881 bits per heavy atom. The third-order valence-electron chi connectivity index (χ3n) is 8.37. The van der Waals surface area contributed by atoms with Gasteiger partial charge in [-0.05, 0) is 80.1 Å². The molecule has 9 heteroatoms. The molecule has 2 saturated heterocycles.